The summed E-state index contributed by atoms with van der Waals surface area (Å²) < 4.78 is 0. The molecule has 1 aromatic carbocycles. The maximum Gasteiger partial charge on any atom is 0.173 e. The number of hydrogen-bond donors (Lipinski definition) is 0. The molecule has 0 bridgehead atoms. The molecule has 2 rings (SSSR count). The Morgan fingerprint density at radius 1 is 1.33 bits per heavy atom. The van der Waals surface area contributed by atoms with Crippen molar-refractivity contribution in [3.05, 3.63) is 57.7 Å². The third-order valence-corrected chi connectivity index (χ3v) is 4.16. The van der Waals surface area contributed by atoms with Crippen LogP contribution in [0.25, 0.3) is 0 Å². The fraction of sp³-hybridized carbons (Fsp3) is 0.188. The molecule has 0 aliphatic rings. The summed E-state index contributed by atoms with van der Waals surface area (Å²) in [6, 6.07) is 10.8. The van der Waals surface area contributed by atoms with Gasteiger partial charge in [-0.2, -0.15) is 5.26 Å². The van der Waals surface area contributed by atoms with E-state index in [0.29, 0.717) is 21.2 Å². The van der Waals surface area contributed by atoms with E-state index in [0.717, 1.165) is 11.3 Å². The molecule has 3 nitrogen and oxygen atoms in total. The Kier molecular flexibility index (Phi) is 5.00. The van der Waals surface area contributed by atoms with Crippen LogP contribution in [0.2, 0.25) is 5.02 Å². The van der Waals surface area contributed by atoms with E-state index in [1.54, 1.807) is 24.3 Å². The average Bonchev–Trinajstić information content (AvgIpc) is 2.45. The number of carbonyl (C=O) groups excluding carboxylic acids is 1. The standard InChI is InChI=1S/C16H13ClN2OS/c1-10-7-11(2)19-16(14(10)8-18)21-9-15(20)12-3-5-13(17)6-4-12/h3-7H,9H2,1-2H3. The first-order chi connectivity index (χ1) is 10.0. The maximum absolute atomic E-state index is 12.1. The van der Waals surface area contributed by atoms with Crippen LogP contribution in [0.5, 0.6) is 0 Å². The maximum atomic E-state index is 12.1. The molecule has 0 saturated heterocycles. The van der Waals surface area contributed by atoms with Gasteiger partial charge >= 0.3 is 0 Å². The summed E-state index contributed by atoms with van der Waals surface area (Å²) >= 11 is 7.09. The van der Waals surface area contributed by atoms with Crippen molar-refractivity contribution in [1.29, 1.82) is 5.26 Å². The molecule has 0 unspecified atom stereocenters. The van der Waals surface area contributed by atoms with Gasteiger partial charge in [0.25, 0.3) is 0 Å². The number of Topliss-reactive ketones (excluding diaryl/α,β-unsaturated/α-hetero) is 1. The fourth-order valence-electron chi connectivity index (χ4n) is 1.90. The molecule has 0 radical (unpaired) electrons. The number of nitrogens with zero attached hydrogens (tertiary/aromatic N) is 2. The van der Waals surface area contributed by atoms with Crippen LogP contribution in [0.3, 0.4) is 0 Å². The van der Waals surface area contributed by atoms with Crippen molar-refractivity contribution in [3.63, 3.8) is 0 Å². The Hall–Kier alpha value is -1.83. The van der Waals surface area contributed by atoms with Crippen molar-refractivity contribution >= 4 is 29.1 Å². The van der Waals surface area contributed by atoms with Gasteiger partial charge in [-0.3, -0.25) is 4.79 Å². The fourth-order valence-corrected chi connectivity index (χ4v) is 3.02. The lowest BCUT2D eigenvalue weighted by Gasteiger charge is -2.07. The summed E-state index contributed by atoms with van der Waals surface area (Å²) in [7, 11) is 0. The van der Waals surface area contributed by atoms with E-state index < -0.39 is 0 Å². The van der Waals surface area contributed by atoms with E-state index in [-0.39, 0.29) is 11.5 Å². The number of pyridine rings is 1. The Balaban J connectivity index is 2.15. The number of carbonyl (C=O) groups is 1. The molecule has 1 aromatic heterocycles. The minimum absolute atomic E-state index is 0.0125. The molecule has 0 aliphatic carbocycles. The summed E-state index contributed by atoms with van der Waals surface area (Å²) in [6.07, 6.45) is 0. The summed E-state index contributed by atoms with van der Waals surface area (Å²) in [5.74, 6) is 0.230. The van der Waals surface area contributed by atoms with Gasteiger partial charge in [0.05, 0.1) is 11.3 Å². The summed E-state index contributed by atoms with van der Waals surface area (Å²) in [5, 5.41) is 10.4. The average molecular weight is 317 g/mol. The molecular formula is C16H13ClN2OS. The monoisotopic (exact) mass is 316 g/mol. The van der Waals surface area contributed by atoms with Crippen LogP contribution in [0.4, 0.5) is 0 Å². The SMILES string of the molecule is Cc1cc(C)c(C#N)c(SCC(=O)c2ccc(Cl)cc2)n1. The van der Waals surface area contributed by atoms with E-state index in [9.17, 15) is 10.1 Å². The number of aryl methyl sites for hydroxylation is 2. The molecule has 0 aliphatic heterocycles. The van der Waals surface area contributed by atoms with Crippen molar-refractivity contribution in [2.45, 2.75) is 18.9 Å². The van der Waals surface area contributed by atoms with Gasteiger partial charge in [0, 0.05) is 16.3 Å². The van der Waals surface area contributed by atoms with E-state index in [4.69, 9.17) is 11.6 Å². The number of ketones is 1. The topological polar surface area (TPSA) is 53.8 Å². The predicted molar refractivity (Wildman–Crippen MR) is 84.9 cm³/mol. The van der Waals surface area contributed by atoms with Gasteiger partial charge in [-0.1, -0.05) is 23.4 Å². The zero-order valence-corrected chi connectivity index (χ0v) is 13.3. The molecule has 5 heteroatoms. The van der Waals surface area contributed by atoms with Crippen LogP contribution < -0.4 is 0 Å². The minimum atomic E-state index is -0.0125. The molecule has 0 N–H and O–H groups in total. The number of rotatable bonds is 4. The Bertz CT molecular complexity index is 720. The third-order valence-electron chi connectivity index (χ3n) is 2.93. The van der Waals surface area contributed by atoms with Gasteiger partial charge in [0.2, 0.25) is 0 Å². The highest BCUT2D eigenvalue weighted by Crippen LogP contribution is 2.24. The molecule has 0 saturated carbocycles. The van der Waals surface area contributed by atoms with E-state index in [1.807, 2.05) is 19.9 Å². The molecule has 0 atom stereocenters. The molecule has 1 heterocycles. The van der Waals surface area contributed by atoms with Crippen LogP contribution >= 0.6 is 23.4 Å². The van der Waals surface area contributed by atoms with Gasteiger partial charge in [0.15, 0.2) is 5.78 Å². The van der Waals surface area contributed by atoms with Gasteiger partial charge in [-0.15, -0.1) is 0 Å². The summed E-state index contributed by atoms with van der Waals surface area (Å²) in [6.45, 7) is 3.75. The van der Waals surface area contributed by atoms with Gasteiger partial charge in [-0.25, -0.2) is 4.98 Å². The normalized spacial score (nSPS) is 10.2. The van der Waals surface area contributed by atoms with Crippen molar-refractivity contribution in [2.24, 2.45) is 0 Å². The molecule has 21 heavy (non-hydrogen) atoms. The van der Waals surface area contributed by atoms with E-state index >= 15 is 0 Å². The second-order valence-electron chi connectivity index (χ2n) is 4.59. The lowest BCUT2D eigenvalue weighted by molar-refractivity contribution is 0.102. The summed E-state index contributed by atoms with van der Waals surface area (Å²) in [4.78, 5) is 16.5. The highest BCUT2D eigenvalue weighted by Gasteiger charge is 2.12. The molecular weight excluding hydrogens is 304 g/mol. The largest absolute Gasteiger partial charge is 0.293 e. The highest BCUT2D eigenvalue weighted by atomic mass is 35.5. The van der Waals surface area contributed by atoms with E-state index in [1.165, 1.54) is 11.8 Å². The first-order valence-electron chi connectivity index (χ1n) is 6.31. The smallest absolute Gasteiger partial charge is 0.173 e. The van der Waals surface area contributed by atoms with Crippen LogP contribution in [-0.4, -0.2) is 16.5 Å². The second kappa shape index (κ2) is 6.75. The molecule has 0 amide bonds. The highest BCUT2D eigenvalue weighted by molar-refractivity contribution is 8.00. The number of nitriles is 1. The predicted octanol–water partition coefficient (Wildman–Crippen LogP) is 4.20. The minimum Gasteiger partial charge on any atom is -0.293 e. The van der Waals surface area contributed by atoms with Crippen LogP contribution in [0.1, 0.15) is 27.2 Å². The zero-order valence-electron chi connectivity index (χ0n) is 11.7. The van der Waals surface area contributed by atoms with Crippen molar-refractivity contribution in [1.82, 2.24) is 4.98 Å². The molecule has 0 spiro atoms. The van der Waals surface area contributed by atoms with Gasteiger partial charge in [0.1, 0.15) is 11.1 Å². The lowest BCUT2D eigenvalue weighted by atomic mass is 10.1. The lowest BCUT2D eigenvalue weighted by Crippen LogP contribution is -2.03. The second-order valence-corrected chi connectivity index (χ2v) is 5.99. The Labute approximate surface area is 133 Å². The number of halogens is 1. The third kappa shape index (κ3) is 3.84. The number of aromatic nitrogens is 1. The number of hydrogen-bond acceptors (Lipinski definition) is 4. The summed E-state index contributed by atoms with van der Waals surface area (Å²) in [5.41, 5.74) is 2.86. The zero-order chi connectivity index (χ0) is 15.4. The van der Waals surface area contributed by atoms with Crippen molar-refractivity contribution in [3.8, 4) is 6.07 Å². The number of benzene rings is 1. The molecule has 106 valence electrons. The molecule has 0 fully saturated rings. The first-order valence-corrected chi connectivity index (χ1v) is 7.67. The van der Waals surface area contributed by atoms with Crippen LogP contribution in [0.15, 0.2) is 35.4 Å². The quantitative estimate of drug-likeness (QED) is 0.626. The van der Waals surface area contributed by atoms with Gasteiger partial charge in [-0.05, 0) is 49.7 Å². The van der Waals surface area contributed by atoms with Crippen molar-refractivity contribution < 1.29 is 4.79 Å². The Morgan fingerprint density at radius 3 is 2.62 bits per heavy atom. The van der Waals surface area contributed by atoms with Crippen LogP contribution in [0, 0.1) is 25.2 Å². The number of thioether (sulfide) groups is 1. The van der Waals surface area contributed by atoms with E-state index in [2.05, 4.69) is 11.1 Å². The van der Waals surface area contributed by atoms with Gasteiger partial charge < -0.3 is 0 Å². The Morgan fingerprint density at radius 2 is 2.00 bits per heavy atom. The molecule has 2 aromatic rings. The van der Waals surface area contributed by atoms with Crippen molar-refractivity contribution in [2.75, 3.05) is 5.75 Å². The first kappa shape index (κ1) is 15.6. The van der Waals surface area contributed by atoms with Crippen LogP contribution in [-0.2, 0) is 0 Å².